The SMILES string of the molecule is Cc1ccc2c(CC(=O)N3CCC[C@@H]3c3cnn(C)c3)coc2c1C. The molecule has 3 aromatic rings. The first-order chi connectivity index (χ1) is 12.0. The summed E-state index contributed by atoms with van der Waals surface area (Å²) < 4.78 is 7.55. The molecule has 130 valence electrons. The fourth-order valence-corrected chi connectivity index (χ4v) is 3.81. The van der Waals surface area contributed by atoms with E-state index in [4.69, 9.17) is 4.42 Å². The Bertz CT molecular complexity index is 938. The summed E-state index contributed by atoms with van der Waals surface area (Å²) in [5.41, 5.74) is 5.34. The third kappa shape index (κ3) is 2.73. The van der Waals surface area contributed by atoms with Crippen LogP contribution in [0.15, 0.2) is 35.2 Å². The summed E-state index contributed by atoms with van der Waals surface area (Å²) in [6.45, 7) is 4.95. The van der Waals surface area contributed by atoms with Gasteiger partial charge in [-0.05, 0) is 37.8 Å². The minimum absolute atomic E-state index is 0.142. The molecule has 3 heterocycles. The van der Waals surface area contributed by atoms with Crippen LogP contribution < -0.4 is 0 Å². The lowest BCUT2D eigenvalue weighted by Crippen LogP contribution is -2.31. The van der Waals surface area contributed by atoms with Gasteiger partial charge in [-0.3, -0.25) is 9.48 Å². The normalized spacial score (nSPS) is 17.6. The smallest absolute Gasteiger partial charge is 0.227 e. The lowest BCUT2D eigenvalue weighted by molar-refractivity contribution is -0.131. The number of carbonyl (C=O) groups excluding carboxylic acids is 1. The zero-order valence-corrected chi connectivity index (χ0v) is 15.0. The number of nitrogens with zero attached hydrogens (tertiary/aromatic N) is 3. The fraction of sp³-hybridized carbons (Fsp3) is 0.400. The number of amides is 1. The molecule has 1 aliphatic heterocycles. The Morgan fingerprint density at radius 1 is 1.36 bits per heavy atom. The Labute approximate surface area is 147 Å². The molecule has 0 bridgehead atoms. The van der Waals surface area contributed by atoms with Crippen molar-refractivity contribution in [2.75, 3.05) is 6.54 Å². The number of rotatable bonds is 3. The molecule has 4 rings (SSSR count). The number of aryl methyl sites for hydroxylation is 3. The third-order valence-corrected chi connectivity index (χ3v) is 5.37. The predicted octanol–water partition coefficient (Wildman–Crippen LogP) is 3.69. The van der Waals surface area contributed by atoms with Crippen molar-refractivity contribution in [2.45, 2.75) is 39.2 Å². The molecule has 5 nitrogen and oxygen atoms in total. The molecule has 1 saturated heterocycles. The van der Waals surface area contributed by atoms with E-state index in [1.807, 2.05) is 24.3 Å². The average Bonchev–Trinajstić information content (AvgIpc) is 3.30. The highest BCUT2D eigenvalue weighted by Gasteiger charge is 2.31. The van der Waals surface area contributed by atoms with Crippen molar-refractivity contribution in [3.05, 3.63) is 53.0 Å². The van der Waals surface area contributed by atoms with Crippen LogP contribution in [0.25, 0.3) is 11.0 Å². The second-order valence-electron chi connectivity index (χ2n) is 7.01. The van der Waals surface area contributed by atoms with Gasteiger partial charge < -0.3 is 9.32 Å². The van der Waals surface area contributed by atoms with Gasteiger partial charge in [-0.25, -0.2) is 0 Å². The van der Waals surface area contributed by atoms with Gasteiger partial charge in [0.15, 0.2) is 0 Å². The predicted molar refractivity (Wildman–Crippen MR) is 96.3 cm³/mol. The minimum Gasteiger partial charge on any atom is -0.464 e. The van der Waals surface area contributed by atoms with Crippen LogP contribution in [-0.4, -0.2) is 27.1 Å². The molecule has 0 unspecified atom stereocenters. The van der Waals surface area contributed by atoms with Gasteiger partial charge in [-0.2, -0.15) is 5.10 Å². The van der Waals surface area contributed by atoms with Crippen molar-refractivity contribution in [1.29, 1.82) is 0 Å². The van der Waals surface area contributed by atoms with E-state index in [0.717, 1.165) is 47.0 Å². The molecule has 0 radical (unpaired) electrons. The molecule has 1 aliphatic rings. The van der Waals surface area contributed by atoms with E-state index >= 15 is 0 Å². The molecular weight excluding hydrogens is 314 g/mol. The first-order valence-electron chi connectivity index (χ1n) is 8.79. The highest BCUT2D eigenvalue weighted by molar-refractivity contribution is 5.89. The lowest BCUT2D eigenvalue weighted by Gasteiger charge is -2.23. The van der Waals surface area contributed by atoms with Gasteiger partial charge in [0.2, 0.25) is 5.91 Å². The molecule has 1 amide bonds. The summed E-state index contributed by atoms with van der Waals surface area (Å²) in [7, 11) is 1.91. The number of aromatic nitrogens is 2. The molecule has 0 N–H and O–H groups in total. The van der Waals surface area contributed by atoms with Crippen LogP contribution in [-0.2, 0) is 18.3 Å². The van der Waals surface area contributed by atoms with Crippen molar-refractivity contribution in [3.63, 3.8) is 0 Å². The van der Waals surface area contributed by atoms with Gasteiger partial charge in [0.1, 0.15) is 5.58 Å². The maximum absolute atomic E-state index is 13.0. The molecule has 1 fully saturated rings. The summed E-state index contributed by atoms with van der Waals surface area (Å²) >= 11 is 0. The highest BCUT2D eigenvalue weighted by atomic mass is 16.3. The number of benzene rings is 1. The van der Waals surface area contributed by atoms with E-state index in [1.54, 1.807) is 10.9 Å². The van der Waals surface area contributed by atoms with Crippen LogP contribution in [0.3, 0.4) is 0 Å². The topological polar surface area (TPSA) is 51.3 Å². The molecule has 5 heteroatoms. The molecular formula is C20H23N3O2. The largest absolute Gasteiger partial charge is 0.464 e. The molecule has 1 atom stereocenters. The Hall–Kier alpha value is -2.56. The van der Waals surface area contributed by atoms with Crippen LogP contribution in [0.5, 0.6) is 0 Å². The van der Waals surface area contributed by atoms with Crippen molar-refractivity contribution in [2.24, 2.45) is 7.05 Å². The average molecular weight is 337 g/mol. The molecule has 25 heavy (non-hydrogen) atoms. The first-order valence-corrected chi connectivity index (χ1v) is 8.79. The van der Waals surface area contributed by atoms with Crippen LogP contribution in [0, 0.1) is 13.8 Å². The third-order valence-electron chi connectivity index (χ3n) is 5.37. The summed E-state index contributed by atoms with van der Waals surface area (Å²) in [4.78, 5) is 15.0. The van der Waals surface area contributed by atoms with Gasteiger partial charge >= 0.3 is 0 Å². The minimum atomic E-state index is 0.142. The van der Waals surface area contributed by atoms with Crippen molar-refractivity contribution >= 4 is 16.9 Å². The molecule has 1 aromatic carbocycles. The van der Waals surface area contributed by atoms with Gasteiger partial charge in [-0.1, -0.05) is 12.1 Å². The van der Waals surface area contributed by atoms with Crippen molar-refractivity contribution in [1.82, 2.24) is 14.7 Å². The maximum atomic E-state index is 13.0. The Morgan fingerprint density at radius 3 is 2.96 bits per heavy atom. The van der Waals surface area contributed by atoms with Crippen LogP contribution in [0.4, 0.5) is 0 Å². The zero-order valence-electron chi connectivity index (χ0n) is 15.0. The van der Waals surface area contributed by atoms with E-state index in [1.165, 1.54) is 5.56 Å². The van der Waals surface area contributed by atoms with E-state index in [2.05, 4.69) is 31.1 Å². The zero-order chi connectivity index (χ0) is 17.6. The standard InChI is InChI=1S/C20H23N3O2/c1-13-6-7-17-15(12-25-20(17)14(13)2)9-19(24)23-8-4-5-18(23)16-10-21-22(3)11-16/h6-7,10-12,18H,4-5,8-9H2,1-3H3/t18-/m1/s1. The van der Waals surface area contributed by atoms with Crippen LogP contribution in [0.1, 0.15) is 41.1 Å². The monoisotopic (exact) mass is 337 g/mol. The van der Waals surface area contributed by atoms with E-state index < -0.39 is 0 Å². The van der Waals surface area contributed by atoms with Gasteiger partial charge in [0, 0.05) is 36.3 Å². The number of furan rings is 1. The fourth-order valence-electron chi connectivity index (χ4n) is 3.81. The summed E-state index contributed by atoms with van der Waals surface area (Å²) in [6, 6.07) is 4.30. The number of fused-ring (bicyclic) bond motifs is 1. The Kier molecular flexibility index (Phi) is 3.86. The highest BCUT2D eigenvalue weighted by Crippen LogP contribution is 2.33. The van der Waals surface area contributed by atoms with Gasteiger partial charge in [0.25, 0.3) is 0 Å². The number of hydrogen-bond donors (Lipinski definition) is 0. The molecule has 0 saturated carbocycles. The van der Waals surface area contributed by atoms with Crippen LogP contribution >= 0.6 is 0 Å². The van der Waals surface area contributed by atoms with Crippen LogP contribution in [0.2, 0.25) is 0 Å². The maximum Gasteiger partial charge on any atom is 0.227 e. The van der Waals surface area contributed by atoms with E-state index in [0.29, 0.717) is 6.42 Å². The molecule has 0 spiro atoms. The second kappa shape index (κ2) is 6.06. The first kappa shape index (κ1) is 15.9. The van der Waals surface area contributed by atoms with Gasteiger partial charge in [-0.15, -0.1) is 0 Å². The molecule has 2 aromatic heterocycles. The summed E-state index contributed by atoms with van der Waals surface area (Å²) in [5, 5.41) is 5.30. The Morgan fingerprint density at radius 2 is 2.20 bits per heavy atom. The number of likely N-dealkylation sites (tertiary alicyclic amines) is 1. The second-order valence-corrected chi connectivity index (χ2v) is 7.01. The molecule has 0 aliphatic carbocycles. The Balaban J connectivity index is 1.58. The van der Waals surface area contributed by atoms with Crippen molar-refractivity contribution in [3.8, 4) is 0 Å². The number of carbonyl (C=O) groups is 1. The van der Waals surface area contributed by atoms with E-state index in [-0.39, 0.29) is 11.9 Å². The van der Waals surface area contributed by atoms with E-state index in [9.17, 15) is 4.79 Å². The van der Waals surface area contributed by atoms with Crippen molar-refractivity contribution < 1.29 is 9.21 Å². The summed E-state index contributed by atoms with van der Waals surface area (Å²) in [5.74, 6) is 0.160. The lowest BCUT2D eigenvalue weighted by atomic mass is 10.0. The summed E-state index contributed by atoms with van der Waals surface area (Å²) in [6.07, 6.45) is 8.04. The quantitative estimate of drug-likeness (QED) is 0.732. The number of hydrogen-bond acceptors (Lipinski definition) is 3. The van der Waals surface area contributed by atoms with Gasteiger partial charge in [0.05, 0.1) is 24.9 Å².